The maximum Gasteiger partial charge on any atom is 0.415 e. The van der Waals surface area contributed by atoms with Gasteiger partial charge in [0, 0.05) is 25.2 Å². The molecule has 3 aliphatic heterocycles. The standard InChI is InChI=1S/C30H32F3N2O2/c31-25-9-4-10-26(19-25)34(20-23-11-12-27(32)28(33)18-23)30(36)37-29-21-35(16-13-24(29)14-17-35)15-5-8-22-6-2-1-3-7-22/h1-4,6-7,9-12,18-19,24,29H,5,8,13-17,20-21H2/q+1. The number of fused-ring (bicyclic) bond motifs is 3. The Bertz CT molecular complexity index is 1230. The lowest BCUT2D eigenvalue weighted by Crippen LogP contribution is -2.65. The third kappa shape index (κ3) is 5.99. The van der Waals surface area contributed by atoms with Crippen molar-refractivity contribution >= 4 is 11.8 Å². The summed E-state index contributed by atoms with van der Waals surface area (Å²) >= 11 is 0. The van der Waals surface area contributed by atoms with Crippen LogP contribution in [0, 0.1) is 23.4 Å². The minimum atomic E-state index is -0.996. The number of benzene rings is 3. The highest BCUT2D eigenvalue weighted by Gasteiger charge is 2.47. The third-order valence-corrected chi connectivity index (χ3v) is 7.90. The van der Waals surface area contributed by atoms with Crippen molar-refractivity contribution in [2.45, 2.75) is 38.3 Å². The van der Waals surface area contributed by atoms with Crippen molar-refractivity contribution in [1.82, 2.24) is 0 Å². The average molecular weight is 510 g/mol. The number of nitrogens with zero attached hydrogens (tertiary/aromatic N) is 2. The molecule has 3 aromatic rings. The smallest absolute Gasteiger partial charge is 0.415 e. The van der Waals surface area contributed by atoms with E-state index in [1.54, 1.807) is 6.07 Å². The van der Waals surface area contributed by atoms with Crippen LogP contribution >= 0.6 is 0 Å². The molecule has 3 aliphatic rings. The van der Waals surface area contributed by atoms with Gasteiger partial charge in [-0.1, -0.05) is 42.5 Å². The maximum absolute atomic E-state index is 14.0. The van der Waals surface area contributed by atoms with Crippen molar-refractivity contribution in [2.24, 2.45) is 5.92 Å². The molecular formula is C30H32F3N2O2+. The molecule has 194 valence electrons. The van der Waals surface area contributed by atoms with E-state index < -0.39 is 23.5 Å². The summed E-state index contributed by atoms with van der Waals surface area (Å²) in [6, 6.07) is 19.6. The highest BCUT2D eigenvalue weighted by atomic mass is 19.2. The highest BCUT2D eigenvalue weighted by Crippen LogP contribution is 2.36. The third-order valence-electron chi connectivity index (χ3n) is 7.90. The largest absolute Gasteiger partial charge is 0.440 e. The van der Waals surface area contributed by atoms with E-state index in [4.69, 9.17) is 4.74 Å². The second-order valence-electron chi connectivity index (χ2n) is 10.4. The van der Waals surface area contributed by atoms with Gasteiger partial charge in [0.1, 0.15) is 12.4 Å². The lowest BCUT2D eigenvalue weighted by atomic mass is 9.83. The fourth-order valence-electron chi connectivity index (χ4n) is 5.85. The molecule has 1 atom stereocenters. The predicted molar refractivity (Wildman–Crippen MR) is 136 cm³/mol. The molecule has 3 saturated heterocycles. The Balaban J connectivity index is 1.28. The number of aryl methyl sites for hydroxylation is 1. The first-order valence-electron chi connectivity index (χ1n) is 13.0. The van der Waals surface area contributed by atoms with E-state index in [0.717, 1.165) is 68.5 Å². The molecule has 0 aliphatic carbocycles. The molecule has 0 radical (unpaired) electrons. The molecule has 3 fully saturated rings. The second kappa shape index (κ2) is 11.0. The fraction of sp³-hybridized carbons (Fsp3) is 0.367. The van der Waals surface area contributed by atoms with Gasteiger partial charge in [0.15, 0.2) is 17.7 Å². The zero-order chi connectivity index (χ0) is 25.8. The van der Waals surface area contributed by atoms with Gasteiger partial charge in [-0.3, -0.25) is 4.90 Å². The molecule has 2 bridgehead atoms. The Morgan fingerprint density at radius 2 is 1.68 bits per heavy atom. The number of piperidine rings is 3. The van der Waals surface area contributed by atoms with E-state index in [1.807, 2.05) is 6.07 Å². The first-order chi connectivity index (χ1) is 17.9. The number of rotatable bonds is 8. The van der Waals surface area contributed by atoms with Crippen LogP contribution in [0.2, 0.25) is 0 Å². The molecule has 3 aromatic carbocycles. The van der Waals surface area contributed by atoms with E-state index in [1.165, 1.54) is 34.7 Å². The van der Waals surface area contributed by atoms with Crippen molar-refractivity contribution in [3.05, 3.63) is 101 Å². The van der Waals surface area contributed by atoms with Crippen molar-refractivity contribution in [3.63, 3.8) is 0 Å². The van der Waals surface area contributed by atoms with Crippen LogP contribution in [0.4, 0.5) is 23.7 Å². The number of ether oxygens (including phenoxy) is 1. The van der Waals surface area contributed by atoms with Gasteiger partial charge >= 0.3 is 6.09 Å². The number of hydrogen-bond acceptors (Lipinski definition) is 2. The zero-order valence-corrected chi connectivity index (χ0v) is 20.8. The molecule has 0 spiro atoms. The molecule has 1 amide bonds. The molecule has 3 heterocycles. The van der Waals surface area contributed by atoms with Gasteiger partial charge in [0.25, 0.3) is 0 Å². The number of carbonyl (C=O) groups is 1. The topological polar surface area (TPSA) is 29.5 Å². The Labute approximate surface area is 215 Å². The quantitative estimate of drug-likeness (QED) is 0.325. The van der Waals surface area contributed by atoms with Gasteiger partial charge in [-0.05, 0) is 47.9 Å². The molecule has 1 unspecified atom stereocenters. The number of carbonyl (C=O) groups excluding carboxylic acids is 1. The van der Waals surface area contributed by atoms with E-state index in [9.17, 15) is 18.0 Å². The van der Waals surface area contributed by atoms with Crippen LogP contribution in [0.15, 0.2) is 72.8 Å². The normalized spacial score (nSPS) is 22.6. The molecule has 4 nitrogen and oxygen atoms in total. The van der Waals surface area contributed by atoms with Crippen LogP contribution in [0.1, 0.15) is 30.4 Å². The number of anilines is 1. The summed E-state index contributed by atoms with van der Waals surface area (Å²) in [6.07, 6.45) is 3.28. The lowest BCUT2D eigenvalue weighted by Gasteiger charge is -2.52. The minimum Gasteiger partial charge on any atom is -0.440 e. The van der Waals surface area contributed by atoms with Crippen LogP contribution in [0.3, 0.4) is 0 Å². The van der Waals surface area contributed by atoms with Crippen LogP contribution in [0.5, 0.6) is 0 Å². The molecule has 7 heteroatoms. The molecule has 0 aromatic heterocycles. The minimum absolute atomic E-state index is 0.0616. The fourth-order valence-corrected chi connectivity index (χ4v) is 5.85. The number of hydrogen-bond donors (Lipinski definition) is 0. The van der Waals surface area contributed by atoms with Gasteiger partial charge in [-0.25, -0.2) is 18.0 Å². The maximum atomic E-state index is 14.0. The Morgan fingerprint density at radius 3 is 2.41 bits per heavy atom. The van der Waals surface area contributed by atoms with Crippen LogP contribution in [-0.4, -0.2) is 42.9 Å². The SMILES string of the molecule is O=C(OC1C[N+]2(CCCc3ccccc3)CCC1CC2)N(Cc1ccc(F)c(F)c1)c1cccc(F)c1. The first-order valence-corrected chi connectivity index (χ1v) is 13.0. The summed E-state index contributed by atoms with van der Waals surface area (Å²) in [5.74, 6) is -2.15. The summed E-state index contributed by atoms with van der Waals surface area (Å²) in [7, 11) is 0. The van der Waals surface area contributed by atoms with Gasteiger partial charge in [-0.2, -0.15) is 0 Å². The Kier molecular flexibility index (Phi) is 7.51. The first kappa shape index (κ1) is 25.3. The van der Waals surface area contributed by atoms with E-state index in [2.05, 4.69) is 24.3 Å². The highest BCUT2D eigenvalue weighted by molar-refractivity contribution is 5.87. The molecule has 37 heavy (non-hydrogen) atoms. The number of halogens is 3. The van der Waals surface area contributed by atoms with E-state index >= 15 is 0 Å². The summed E-state index contributed by atoms with van der Waals surface area (Å²) in [5.41, 5.74) is 2.03. The predicted octanol–water partition coefficient (Wildman–Crippen LogP) is 6.49. The number of amides is 1. The molecule has 0 N–H and O–H groups in total. The summed E-state index contributed by atoms with van der Waals surface area (Å²) < 4.78 is 48.4. The average Bonchev–Trinajstić information content (AvgIpc) is 2.90. The van der Waals surface area contributed by atoms with E-state index in [0.29, 0.717) is 17.2 Å². The second-order valence-corrected chi connectivity index (χ2v) is 10.4. The van der Waals surface area contributed by atoms with Gasteiger partial charge in [0.2, 0.25) is 0 Å². The van der Waals surface area contributed by atoms with Gasteiger partial charge in [0.05, 0.1) is 31.9 Å². The zero-order valence-electron chi connectivity index (χ0n) is 20.8. The van der Waals surface area contributed by atoms with Crippen molar-refractivity contribution in [3.8, 4) is 0 Å². The summed E-state index contributed by atoms with van der Waals surface area (Å²) in [5, 5.41) is 0. The lowest BCUT2D eigenvalue weighted by molar-refractivity contribution is -0.946. The molecule has 6 rings (SSSR count). The van der Waals surface area contributed by atoms with Crippen molar-refractivity contribution in [1.29, 1.82) is 0 Å². The van der Waals surface area contributed by atoms with E-state index in [-0.39, 0.29) is 12.6 Å². The van der Waals surface area contributed by atoms with Crippen LogP contribution in [0.25, 0.3) is 0 Å². The molecule has 0 saturated carbocycles. The molecular weight excluding hydrogens is 477 g/mol. The monoisotopic (exact) mass is 509 g/mol. The van der Waals surface area contributed by atoms with Gasteiger partial charge < -0.3 is 9.22 Å². The Morgan fingerprint density at radius 1 is 0.892 bits per heavy atom. The van der Waals surface area contributed by atoms with Crippen molar-refractivity contribution < 1.29 is 27.2 Å². The van der Waals surface area contributed by atoms with Crippen LogP contribution in [-0.2, 0) is 17.7 Å². The van der Waals surface area contributed by atoms with Gasteiger partial charge in [-0.15, -0.1) is 0 Å². The van der Waals surface area contributed by atoms with Crippen LogP contribution < -0.4 is 4.90 Å². The number of quaternary nitrogens is 1. The summed E-state index contributed by atoms with van der Waals surface area (Å²) in [4.78, 5) is 14.8. The Hall–Kier alpha value is -3.32. The summed E-state index contributed by atoms with van der Waals surface area (Å²) in [6.45, 7) is 3.94. The van der Waals surface area contributed by atoms with Crippen molar-refractivity contribution in [2.75, 3.05) is 31.1 Å².